The molecule has 0 heterocycles. The van der Waals surface area contributed by atoms with Crippen molar-refractivity contribution in [3.63, 3.8) is 0 Å². The Bertz CT molecular complexity index is 829. The minimum Gasteiger partial charge on any atom is -0.503 e. The van der Waals surface area contributed by atoms with E-state index < -0.39 is 34.6 Å². The molecular formula is C16H8F4O. The summed E-state index contributed by atoms with van der Waals surface area (Å²) in [6, 6.07) is 11.4. The summed E-state index contributed by atoms with van der Waals surface area (Å²) in [5.41, 5.74) is -0.852. The number of hydrogen-bond acceptors (Lipinski definition) is 1. The molecule has 0 aromatic heterocycles. The second kappa shape index (κ2) is 4.77. The molecule has 106 valence electrons. The maximum absolute atomic E-state index is 13.8. The fraction of sp³-hybridized carbons (Fsp3) is 0. The Balaban J connectivity index is 2.32. The van der Waals surface area contributed by atoms with Crippen LogP contribution in [0.4, 0.5) is 17.6 Å². The molecular weight excluding hydrogens is 284 g/mol. The molecule has 0 saturated carbocycles. The monoisotopic (exact) mass is 292 g/mol. The Morgan fingerprint density at radius 3 is 1.86 bits per heavy atom. The van der Waals surface area contributed by atoms with E-state index in [2.05, 4.69) is 0 Å². The van der Waals surface area contributed by atoms with Crippen LogP contribution in [-0.4, -0.2) is 5.11 Å². The SMILES string of the molecule is Oc1c(F)c(F)c(-c2ccc3ccccc3c2)c(F)c1F. The second-order valence-corrected chi connectivity index (χ2v) is 4.54. The number of benzene rings is 3. The lowest BCUT2D eigenvalue weighted by Crippen LogP contribution is -2.00. The van der Waals surface area contributed by atoms with Gasteiger partial charge in [0.25, 0.3) is 0 Å². The lowest BCUT2D eigenvalue weighted by atomic mass is 9.99. The number of aromatic hydroxyl groups is 1. The lowest BCUT2D eigenvalue weighted by Gasteiger charge is -2.10. The molecule has 0 aliphatic heterocycles. The van der Waals surface area contributed by atoms with Crippen molar-refractivity contribution in [3.8, 4) is 16.9 Å². The van der Waals surface area contributed by atoms with Crippen LogP contribution in [0.25, 0.3) is 21.9 Å². The van der Waals surface area contributed by atoms with E-state index in [9.17, 15) is 17.6 Å². The van der Waals surface area contributed by atoms with E-state index >= 15 is 0 Å². The second-order valence-electron chi connectivity index (χ2n) is 4.54. The first-order valence-corrected chi connectivity index (χ1v) is 6.04. The van der Waals surface area contributed by atoms with E-state index in [0.29, 0.717) is 5.39 Å². The maximum atomic E-state index is 13.8. The predicted octanol–water partition coefficient (Wildman–Crippen LogP) is 4.77. The summed E-state index contributed by atoms with van der Waals surface area (Å²) in [7, 11) is 0. The molecule has 1 N–H and O–H groups in total. The minimum atomic E-state index is -1.81. The number of phenolic OH excluding ortho intramolecular Hbond substituents is 1. The normalized spacial score (nSPS) is 11.0. The summed E-state index contributed by atoms with van der Waals surface area (Å²) < 4.78 is 54.5. The molecule has 3 aromatic rings. The van der Waals surface area contributed by atoms with Gasteiger partial charge in [-0.3, -0.25) is 0 Å². The van der Waals surface area contributed by atoms with Crippen molar-refractivity contribution in [1.82, 2.24) is 0 Å². The van der Waals surface area contributed by atoms with Crippen LogP contribution in [0.15, 0.2) is 42.5 Å². The molecule has 0 fully saturated rings. The van der Waals surface area contributed by atoms with Crippen molar-refractivity contribution < 1.29 is 22.7 Å². The Labute approximate surface area is 117 Å². The summed E-state index contributed by atoms with van der Waals surface area (Å²) in [6.45, 7) is 0. The zero-order chi connectivity index (χ0) is 15.1. The van der Waals surface area contributed by atoms with Crippen LogP contribution in [0.1, 0.15) is 0 Å². The average molecular weight is 292 g/mol. The fourth-order valence-electron chi connectivity index (χ4n) is 2.22. The summed E-state index contributed by atoms with van der Waals surface area (Å²) in [5.74, 6) is -8.52. The zero-order valence-electron chi connectivity index (χ0n) is 10.5. The zero-order valence-corrected chi connectivity index (χ0v) is 10.5. The first-order valence-electron chi connectivity index (χ1n) is 6.04. The van der Waals surface area contributed by atoms with Gasteiger partial charge >= 0.3 is 0 Å². The van der Waals surface area contributed by atoms with Crippen molar-refractivity contribution in [2.24, 2.45) is 0 Å². The largest absolute Gasteiger partial charge is 0.503 e. The van der Waals surface area contributed by atoms with Crippen LogP contribution < -0.4 is 0 Å². The van der Waals surface area contributed by atoms with Gasteiger partial charge in [0, 0.05) is 0 Å². The molecule has 3 aromatic carbocycles. The summed E-state index contributed by atoms with van der Waals surface area (Å²) in [6.07, 6.45) is 0. The molecule has 21 heavy (non-hydrogen) atoms. The van der Waals surface area contributed by atoms with Crippen LogP contribution in [-0.2, 0) is 0 Å². The molecule has 5 heteroatoms. The van der Waals surface area contributed by atoms with Gasteiger partial charge < -0.3 is 5.11 Å². The van der Waals surface area contributed by atoms with Crippen LogP contribution in [0.5, 0.6) is 5.75 Å². The molecule has 0 spiro atoms. The Kier molecular flexibility index (Phi) is 3.05. The maximum Gasteiger partial charge on any atom is 0.204 e. The number of fused-ring (bicyclic) bond motifs is 1. The van der Waals surface area contributed by atoms with E-state index in [-0.39, 0.29) is 5.56 Å². The predicted molar refractivity (Wildman–Crippen MR) is 70.9 cm³/mol. The molecule has 0 bridgehead atoms. The standard InChI is InChI=1S/C16H8F4O/c17-12-11(13(18)15(20)16(21)14(12)19)10-6-5-8-3-1-2-4-9(8)7-10/h1-7,21H. The molecule has 0 amide bonds. The quantitative estimate of drug-likeness (QED) is 0.506. The van der Waals surface area contributed by atoms with Crippen molar-refractivity contribution >= 4 is 10.8 Å². The number of phenols is 1. The third-order valence-corrected chi connectivity index (χ3v) is 3.28. The van der Waals surface area contributed by atoms with Gasteiger partial charge in [-0.05, 0) is 22.4 Å². The van der Waals surface area contributed by atoms with Crippen molar-refractivity contribution in [2.45, 2.75) is 0 Å². The Hall–Kier alpha value is -2.56. The van der Waals surface area contributed by atoms with E-state index in [1.807, 2.05) is 0 Å². The highest BCUT2D eigenvalue weighted by Gasteiger charge is 2.26. The molecule has 0 aliphatic rings. The highest BCUT2D eigenvalue weighted by molar-refractivity contribution is 5.87. The van der Waals surface area contributed by atoms with Crippen molar-refractivity contribution in [3.05, 3.63) is 65.7 Å². The van der Waals surface area contributed by atoms with Gasteiger partial charge in [0.15, 0.2) is 17.4 Å². The third kappa shape index (κ3) is 2.01. The summed E-state index contributed by atoms with van der Waals surface area (Å²) in [4.78, 5) is 0. The van der Waals surface area contributed by atoms with Gasteiger partial charge in [-0.2, -0.15) is 8.78 Å². The summed E-state index contributed by atoms with van der Waals surface area (Å²) >= 11 is 0. The van der Waals surface area contributed by atoms with Crippen LogP contribution in [0, 0.1) is 23.3 Å². The van der Waals surface area contributed by atoms with Gasteiger partial charge in [-0.25, -0.2) is 8.78 Å². The van der Waals surface area contributed by atoms with Gasteiger partial charge in [0.1, 0.15) is 0 Å². The first kappa shape index (κ1) is 13.4. The first-order chi connectivity index (χ1) is 10.0. The molecule has 0 aliphatic carbocycles. The van der Waals surface area contributed by atoms with E-state index in [1.165, 1.54) is 12.1 Å². The molecule has 1 nitrogen and oxygen atoms in total. The van der Waals surface area contributed by atoms with Gasteiger partial charge in [-0.15, -0.1) is 0 Å². The number of rotatable bonds is 1. The number of halogens is 4. The molecule has 3 rings (SSSR count). The van der Waals surface area contributed by atoms with E-state index in [0.717, 1.165) is 5.39 Å². The minimum absolute atomic E-state index is 0.0125. The highest BCUT2D eigenvalue weighted by Crippen LogP contribution is 2.36. The fourth-order valence-corrected chi connectivity index (χ4v) is 2.22. The van der Waals surface area contributed by atoms with Crippen LogP contribution in [0.2, 0.25) is 0 Å². The van der Waals surface area contributed by atoms with Crippen molar-refractivity contribution in [1.29, 1.82) is 0 Å². The Morgan fingerprint density at radius 1 is 0.667 bits per heavy atom. The highest BCUT2D eigenvalue weighted by atomic mass is 19.2. The smallest absolute Gasteiger partial charge is 0.204 e. The molecule has 0 unspecified atom stereocenters. The molecule has 0 saturated heterocycles. The van der Waals surface area contributed by atoms with E-state index in [1.54, 1.807) is 30.3 Å². The number of hydrogen-bond donors (Lipinski definition) is 1. The third-order valence-electron chi connectivity index (χ3n) is 3.28. The van der Waals surface area contributed by atoms with Gasteiger partial charge in [-0.1, -0.05) is 36.4 Å². The average Bonchev–Trinajstić information content (AvgIpc) is 2.51. The van der Waals surface area contributed by atoms with Gasteiger partial charge in [0.2, 0.25) is 11.6 Å². The lowest BCUT2D eigenvalue weighted by molar-refractivity contribution is 0.358. The Morgan fingerprint density at radius 2 is 1.24 bits per heavy atom. The topological polar surface area (TPSA) is 20.2 Å². The summed E-state index contributed by atoms with van der Waals surface area (Å²) in [5, 5.41) is 10.5. The van der Waals surface area contributed by atoms with Crippen LogP contribution >= 0.6 is 0 Å². The van der Waals surface area contributed by atoms with Crippen molar-refractivity contribution in [2.75, 3.05) is 0 Å². The van der Waals surface area contributed by atoms with Crippen LogP contribution in [0.3, 0.4) is 0 Å². The van der Waals surface area contributed by atoms with E-state index in [4.69, 9.17) is 5.11 Å². The molecule has 0 radical (unpaired) electrons. The molecule has 0 atom stereocenters. The van der Waals surface area contributed by atoms with Gasteiger partial charge in [0.05, 0.1) is 5.56 Å².